The number of esters is 1. The molecule has 0 aliphatic heterocycles. The fourth-order valence-electron chi connectivity index (χ4n) is 8.39. The number of phosphoric acid groups is 1. The van der Waals surface area contributed by atoms with E-state index in [1.807, 2.05) is 33.3 Å². The van der Waals surface area contributed by atoms with Crippen LogP contribution in [0.25, 0.3) is 0 Å². The summed E-state index contributed by atoms with van der Waals surface area (Å²) in [5, 5.41) is 3.04. The van der Waals surface area contributed by atoms with E-state index in [1.54, 1.807) is 0 Å². The van der Waals surface area contributed by atoms with Gasteiger partial charge in [0.25, 0.3) is 0 Å². The highest BCUT2D eigenvalue weighted by Crippen LogP contribution is 2.43. The van der Waals surface area contributed by atoms with Crippen molar-refractivity contribution < 1.29 is 37.3 Å². The molecule has 2 N–H and O–H groups in total. The summed E-state index contributed by atoms with van der Waals surface area (Å²) in [6.45, 7) is 6.94. The van der Waals surface area contributed by atoms with Crippen molar-refractivity contribution in [3.63, 3.8) is 0 Å². The topological polar surface area (TPSA) is 111 Å². The minimum Gasteiger partial charge on any atom is -0.456 e. The van der Waals surface area contributed by atoms with E-state index in [9.17, 15) is 19.0 Å². The normalized spacial score (nSPS) is 14.2. The third kappa shape index (κ3) is 54.1. The Morgan fingerprint density at radius 1 is 0.479 bits per heavy atom. The quantitative estimate of drug-likeness (QED) is 0.0205. The SMILES string of the molecule is CCCCC/C=C\C/C=C\C/C=C\CCCCCCC(=O)OC(/C=C/CCCCCCCCCCC)C(COP(=O)(O)OCC[N+](C)(C)C)NC(=O)CCCCCCCCCCC/C=C\C/C=C\CCCCC. The zero-order valence-electron chi connectivity index (χ0n) is 48.4. The number of nitrogens with zero attached hydrogens (tertiary/aromatic N) is 1. The number of nitrogens with one attached hydrogen (secondary N) is 1. The van der Waals surface area contributed by atoms with Crippen molar-refractivity contribution in [3.8, 4) is 0 Å². The molecule has 0 aromatic carbocycles. The zero-order chi connectivity index (χ0) is 53.6. The number of allylic oxidation sites excluding steroid dienone is 11. The first-order chi connectivity index (χ1) is 35.4. The van der Waals surface area contributed by atoms with Crippen LogP contribution in [0.15, 0.2) is 72.9 Å². The van der Waals surface area contributed by atoms with Gasteiger partial charge >= 0.3 is 13.8 Å². The fourth-order valence-corrected chi connectivity index (χ4v) is 9.12. The van der Waals surface area contributed by atoms with Gasteiger partial charge in [0.1, 0.15) is 19.3 Å². The molecule has 0 heterocycles. The van der Waals surface area contributed by atoms with Crippen LogP contribution in [0.5, 0.6) is 0 Å². The van der Waals surface area contributed by atoms with E-state index in [-0.39, 0.29) is 31.5 Å². The molecular formula is C63H116N2O7P+. The highest BCUT2D eigenvalue weighted by atomic mass is 31.2. The van der Waals surface area contributed by atoms with Crippen molar-refractivity contribution in [1.82, 2.24) is 5.32 Å². The molecule has 0 fully saturated rings. The Hall–Kier alpha value is -2.55. The molecule has 0 aromatic heterocycles. The number of phosphoric ester groups is 1. The molecule has 1 amide bonds. The minimum absolute atomic E-state index is 0.0333. The first-order valence-corrected chi connectivity index (χ1v) is 31.8. The Balaban J connectivity index is 5.29. The molecule has 0 saturated carbocycles. The van der Waals surface area contributed by atoms with Crippen LogP contribution in [0, 0.1) is 0 Å². The van der Waals surface area contributed by atoms with E-state index in [2.05, 4.69) is 86.8 Å². The second kappa shape index (κ2) is 52.9. The van der Waals surface area contributed by atoms with Crippen LogP contribution >= 0.6 is 7.82 Å². The van der Waals surface area contributed by atoms with Crippen molar-refractivity contribution in [3.05, 3.63) is 72.9 Å². The van der Waals surface area contributed by atoms with Crippen LogP contribution in [0.3, 0.4) is 0 Å². The number of hydrogen-bond donors (Lipinski definition) is 2. The van der Waals surface area contributed by atoms with Crippen molar-refractivity contribution in [2.24, 2.45) is 0 Å². The number of amides is 1. The molecular weight excluding hydrogens is 928 g/mol. The molecule has 0 spiro atoms. The maximum Gasteiger partial charge on any atom is 0.472 e. The van der Waals surface area contributed by atoms with Crippen LogP contribution in [-0.2, 0) is 27.9 Å². The maximum absolute atomic E-state index is 13.5. The highest BCUT2D eigenvalue weighted by molar-refractivity contribution is 7.47. The van der Waals surface area contributed by atoms with E-state index in [0.717, 1.165) is 96.3 Å². The lowest BCUT2D eigenvalue weighted by molar-refractivity contribution is -0.870. The smallest absolute Gasteiger partial charge is 0.456 e. The molecule has 0 aliphatic rings. The lowest BCUT2D eigenvalue weighted by Gasteiger charge is -2.27. The second-order valence-electron chi connectivity index (χ2n) is 21.5. The van der Waals surface area contributed by atoms with Crippen molar-refractivity contribution in [1.29, 1.82) is 0 Å². The number of rotatable bonds is 54. The van der Waals surface area contributed by atoms with Gasteiger partial charge in [0, 0.05) is 12.8 Å². The first kappa shape index (κ1) is 70.5. The van der Waals surface area contributed by atoms with Crippen LogP contribution in [-0.4, -0.2) is 74.3 Å². The molecule has 0 aromatic rings. The van der Waals surface area contributed by atoms with Crippen LogP contribution < -0.4 is 5.32 Å². The molecule has 3 unspecified atom stereocenters. The van der Waals surface area contributed by atoms with Crippen LogP contribution in [0.2, 0.25) is 0 Å². The number of ether oxygens (including phenoxy) is 1. The van der Waals surface area contributed by atoms with E-state index < -0.39 is 20.0 Å². The van der Waals surface area contributed by atoms with E-state index >= 15 is 0 Å². The summed E-state index contributed by atoms with van der Waals surface area (Å²) < 4.78 is 30.6. The predicted octanol–water partition coefficient (Wildman–Crippen LogP) is 18.4. The standard InChI is InChI=1S/C63H115N2O7P/c1-7-10-13-16-19-22-25-27-29-31-32-34-35-37-40-43-46-49-52-55-62(66)64-60(59-71-73(68,69)70-58-57-65(4,5)6)61(54-51-48-45-42-39-24-21-18-15-12-9-3)72-63(67)56-53-50-47-44-41-38-36-33-30-28-26-23-20-17-14-11-8-2/h19-20,22-23,27-30,36,38,51,54,60-61H,7-18,21,24-26,31-35,37,39-50,52-53,55-59H2,1-6H3,(H-,64,66,68,69)/p+1/b22-19-,23-20-,29-27-,30-28-,38-36-,54-51+. The summed E-state index contributed by atoms with van der Waals surface area (Å²) in [6.07, 6.45) is 67.5. The Labute approximate surface area is 451 Å². The molecule has 9 nitrogen and oxygen atoms in total. The summed E-state index contributed by atoms with van der Waals surface area (Å²) in [5.41, 5.74) is 0. The number of quaternary nitrogens is 1. The summed E-state index contributed by atoms with van der Waals surface area (Å²) in [6, 6.07) is -0.861. The lowest BCUT2D eigenvalue weighted by atomic mass is 10.0. The molecule has 0 aliphatic carbocycles. The third-order valence-electron chi connectivity index (χ3n) is 13.1. The lowest BCUT2D eigenvalue weighted by Crippen LogP contribution is -2.47. The Morgan fingerprint density at radius 3 is 1.27 bits per heavy atom. The zero-order valence-corrected chi connectivity index (χ0v) is 49.3. The monoisotopic (exact) mass is 1040 g/mol. The van der Waals surface area contributed by atoms with Crippen molar-refractivity contribution in [2.45, 2.75) is 277 Å². The van der Waals surface area contributed by atoms with Gasteiger partial charge in [0.05, 0.1) is 33.8 Å². The Kier molecular flexibility index (Phi) is 51.0. The molecule has 0 bridgehead atoms. The summed E-state index contributed by atoms with van der Waals surface area (Å²) in [4.78, 5) is 37.6. The largest absolute Gasteiger partial charge is 0.472 e. The van der Waals surface area contributed by atoms with Gasteiger partial charge in [-0.3, -0.25) is 18.6 Å². The average molecular weight is 1040 g/mol. The minimum atomic E-state index is -4.45. The first-order valence-electron chi connectivity index (χ1n) is 30.3. The van der Waals surface area contributed by atoms with Gasteiger partial charge in [0.2, 0.25) is 5.91 Å². The Morgan fingerprint density at radius 2 is 0.836 bits per heavy atom. The average Bonchev–Trinajstić information content (AvgIpc) is 3.35. The number of carbonyl (C=O) groups excluding carboxylic acids is 2. The van der Waals surface area contributed by atoms with Gasteiger partial charge in [-0.15, -0.1) is 0 Å². The molecule has 424 valence electrons. The van der Waals surface area contributed by atoms with Gasteiger partial charge < -0.3 is 19.4 Å². The van der Waals surface area contributed by atoms with E-state index in [4.69, 9.17) is 13.8 Å². The maximum atomic E-state index is 13.5. The number of carbonyl (C=O) groups is 2. The van der Waals surface area contributed by atoms with E-state index in [0.29, 0.717) is 23.9 Å². The molecule has 0 radical (unpaired) electrons. The summed E-state index contributed by atoms with van der Waals surface area (Å²) >= 11 is 0. The molecule has 10 heteroatoms. The van der Waals surface area contributed by atoms with Crippen LogP contribution in [0.4, 0.5) is 0 Å². The summed E-state index contributed by atoms with van der Waals surface area (Å²) in [7, 11) is 1.47. The Bertz CT molecular complexity index is 1480. The molecule has 0 saturated heterocycles. The van der Waals surface area contributed by atoms with Crippen molar-refractivity contribution >= 4 is 19.7 Å². The van der Waals surface area contributed by atoms with Crippen LogP contribution in [0.1, 0.15) is 265 Å². The van der Waals surface area contributed by atoms with E-state index in [1.165, 1.54) is 128 Å². The predicted molar refractivity (Wildman–Crippen MR) is 314 cm³/mol. The number of hydrogen-bond acceptors (Lipinski definition) is 6. The molecule has 3 atom stereocenters. The van der Waals surface area contributed by atoms with Gasteiger partial charge in [0.15, 0.2) is 0 Å². The molecule has 73 heavy (non-hydrogen) atoms. The van der Waals surface area contributed by atoms with Gasteiger partial charge in [-0.25, -0.2) is 4.57 Å². The second-order valence-corrected chi connectivity index (χ2v) is 23.0. The van der Waals surface area contributed by atoms with Gasteiger partial charge in [-0.05, 0) is 102 Å². The van der Waals surface area contributed by atoms with Gasteiger partial charge in [-0.1, -0.05) is 222 Å². The van der Waals surface area contributed by atoms with Gasteiger partial charge in [-0.2, -0.15) is 0 Å². The third-order valence-corrected chi connectivity index (χ3v) is 14.1. The number of likely N-dealkylation sites (N-methyl/N-ethyl adjacent to an activating group) is 1. The van der Waals surface area contributed by atoms with Crippen molar-refractivity contribution in [2.75, 3.05) is 40.9 Å². The summed E-state index contributed by atoms with van der Waals surface area (Å²) in [5.74, 6) is -0.535. The highest BCUT2D eigenvalue weighted by Gasteiger charge is 2.30. The molecule has 0 rings (SSSR count). The number of unbranched alkanes of at least 4 members (excludes halogenated alkanes) is 28. The fraction of sp³-hybridized carbons (Fsp3) is 0.778.